The van der Waals surface area contributed by atoms with E-state index < -0.39 is 0 Å². The number of nitrogens with one attached hydrogen (secondary N) is 1. The topological polar surface area (TPSA) is 32.3 Å². The summed E-state index contributed by atoms with van der Waals surface area (Å²) >= 11 is 0. The summed E-state index contributed by atoms with van der Waals surface area (Å²) in [5, 5.41) is 3.60. The average molecular weight is 280 g/mol. The highest BCUT2D eigenvalue weighted by Crippen LogP contribution is 2.41. The Morgan fingerprint density at radius 1 is 1.35 bits per heavy atom. The van der Waals surface area contributed by atoms with Crippen molar-refractivity contribution in [1.82, 2.24) is 10.2 Å². The van der Waals surface area contributed by atoms with Crippen LogP contribution in [-0.2, 0) is 4.79 Å². The summed E-state index contributed by atoms with van der Waals surface area (Å²) in [6.45, 7) is 11.3. The fourth-order valence-electron chi connectivity index (χ4n) is 4.02. The molecule has 116 valence electrons. The minimum absolute atomic E-state index is 0.0464. The lowest BCUT2D eigenvalue weighted by atomic mass is 9.72. The summed E-state index contributed by atoms with van der Waals surface area (Å²) in [5.74, 6) is 0.823. The van der Waals surface area contributed by atoms with Gasteiger partial charge in [0.1, 0.15) is 0 Å². The number of amides is 1. The normalized spacial score (nSPS) is 34.0. The molecule has 20 heavy (non-hydrogen) atoms. The molecule has 3 heteroatoms. The lowest BCUT2D eigenvalue weighted by Crippen LogP contribution is -2.54. The van der Waals surface area contributed by atoms with Crippen molar-refractivity contribution < 1.29 is 4.79 Å². The molecule has 1 aliphatic carbocycles. The van der Waals surface area contributed by atoms with E-state index in [1.807, 2.05) is 0 Å². The number of rotatable bonds is 4. The molecule has 2 fully saturated rings. The first-order valence-electron chi connectivity index (χ1n) is 8.46. The largest absolute Gasteiger partial charge is 0.322 e. The molecule has 3 atom stereocenters. The van der Waals surface area contributed by atoms with Crippen molar-refractivity contribution >= 4 is 5.91 Å². The Morgan fingerprint density at radius 3 is 2.60 bits per heavy atom. The summed E-state index contributed by atoms with van der Waals surface area (Å²) in [5.41, 5.74) is 0.254. The lowest BCUT2D eigenvalue weighted by Gasteiger charge is -2.46. The van der Waals surface area contributed by atoms with Crippen LogP contribution in [0.3, 0.4) is 0 Å². The van der Waals surface area contributed by atoms with Crippen LogP contribution in [0.15, 0.2) is 0 Å². The first-order chi connectivity index (χ1) is 9.38. The van der Waals surface area contributed by atoms with Crippen LogP contribution in [0.1, 0.15) is 73.1 Å². The van der Waals surface area contributed by atoms with Gasteiger partial charge in [-0.05, 0) is 30.6 Å². The van der Waals surface area contributed by atoms with E-state index in [0.29, 0.717) is 17.9 Å². The molecular formula is C17H32N2O. The molecule has 0 aromatic heterocycles. The molecule has 1 heterocycles. The van der Waals surface area contributed by atoms with Crippen LogP contribution in [0.4, 0.5) is 0 Å². The summed E-state index contributed by atoms with van der Waals surface area (Å²) in [7, 11) is 0. The monoisotopic (exact) mass is 280 g/mol. The molecule has 1 saturated carbocycles. The first-order valence-corrected chi connectivity index (χ1v) is 8.46. The molecule has 2 rings (SSSR count). The Kier molecular flexibility index (Phi) is 4.78. The maximum Gasteiger partial charge on any atom is 0.241 e. The average Bonchev–Trinajstić information content (AvgIpc) is 2.68. The van der Waals surface area contributed by atoms with Crippen LogP contribution in [0, 0.1) is 11.3 Å². The van der Waals surface area contributed by atoms with Crippen LogP contribution in [0.2, 0.25) is 0 Å². The second-order valence-corrected chi connectivity index (χ2v) is 7.69. The standard InChI is InChI=1S/C17H32N2O/c1-6-9-13-16(20)19(15(18-13)12(2)3)14-10-7-8-11-17(14,4)5/h12-15,18H,6-11H2,1-5H3. The molecule has 2 aliphatic rings. The predicted octanol–water partition coefficient (Wildman–Crippen LogP) is 3.54. The van der Waals surface area contributed by atoms with Gasteiger partial charge in [-0.15, -0.1) is 0 Å². The third-order valence-electron chi connectivity index (χ3n) is 5.22. The number of hydrogen-bond donors (Lipinski definition) is 1. The first kappa shape index (κ1) is 15.8. The summed E-state index contributed by atoms with van der Waals surface area (Å²) in [6.07, 6.45) is 7.24. The Bertz CT molecular complexity index is 351. The predicted molar refractivity (Wildman–Crippen MR) is 83.3 cm³/mol. The number of carbonyl (C=O) groups is 1. The number of hydrogen-bond acceptors (Lipinski definition) is 2. The van der Waals surface area contributed by atoms with Crippen molar-refractivity contribution in [2.75, 3.05) is 0 Å². The zero-order chi connectivity index (χ0) is 14.9. The fourth-order valence-corrected chi connectivity index (χ4v) is 4.02. The van der Waals surface area contributed by atoms with Gasteiger partial charge in [-0.3, -0.25) is 10.1 Å². The third kappa shape index (κ3) is 2.88. The summed E-state index contributed by atoms with van der Waals surface area (Å²) < 4.78 is 0. The zero-order valence-electron chi connectivity index (χ0n) is 13.9. The van der Waals surface area contributed by atoms with E-state index in [9.17, 15) is 4.79 Å². The Morgan fingerprint density at radius 2 is 2.05 bits per heavy atom. The van der Waals surface area contributed by atoms with Crippen molar-refractivity contribution in [1.29, 1.82) is 0 Å². The fraction of sp³-hybridized carbons (Fsp3) is 0.941. The molecule has 1 N–H and O–H groups in total. The molecule has 1 aliphatic heterocycles. The Balaban J connectivity index is 2.23. The smallest absolute Gasteiger partial charge is 0.241 e. The van der Waals surface area contributed by atoms with Crippen molar-refractivity contribution in [3.63, 3.8) is 0 Å². The third-order valence-corrected chi connectivity index (χ3v) is 5.22. The van der Waals surface area contributed by atoms with Gasteiger partial charge >= 0.3 is 0 Å². The highest BCUT2D eigenvalue weighted by atomic mass is 16.2. The van der Waals surface area contributed by atoms with Crippen molar-refractivity contribution in [3.05, 3.63) is 0 Å². The SMILES string of the molecule is CCCC1NC(C(C)C)N(C2CCCCC2(C)C)C1=O. The molecule has 3 unspecified atom stereocenters. The van der Waals surface area contributed by atoms with E-state index in [-0.39, 0.29) is 17.6 Å². The molecule has 1 amide bonds. The second kappa shape index (κ2) is 6.05. The van der Waals surface area contributed by atoms with Crippen LogP contribution < -0.4 is 5.32 Å². The van der Waals surface area contributed by atoms with E-state index in [4.69, 9.17) is 0 Å². The van der Waals surface area contributed by atoms with Gasteiger partial charge in [0.2, 0.25) is 5.91 Å². The van der Waals surface area contributed by atoms with Crippen molar-refractivity contribution in [2.24, 2.45) is 11.3 Å². The summed E-state index contributed by atoms with van der Waals surface area (Å²) in [4.78, 5) is 15.1. The quantitative estimate of drug-likeness (QED) is 0.854. The van der Waals surface area contributed by atoms with E-state index in [1.54, 1.807) is 0 Å². The van der Waals surface area contributed by atoms with Gasteiger partial charge in [0.15, 0.2) is 0 Å². The van der Waals surface area contributed by atoms with E-state index in [0.717, 1.165) is 12.8 Å². The number of nitrogens with zero attached hydrogens (tertiary/aromatic N) is 1. The van der Waals surface area contributed by atoms with E-state index in [1.165, 1.54) is 25.7 Å². The van der Waals surface area contributed by atoms with Crippen LogP contribution in [0.5, 0.6) is 0 Å². The lowest BCUT2D eigenvalue weighted by molar-refractivity contribution is -0.137. The molecule has 1 saturated heterocycles. The Hall–Kier alpha value is -0.570. The molecule has 0 aromatic carbocycles. The van der Waals surface area contributed by atoms with Gasteiger partial charge in [0.25, 0.3) is 0 Å². The van der Waals surface area contributed by atoms with Crippen LogP contribution in [0.25, 0.3) is 0 Å². The minimum atomic E-state index is 0.0464. The van der Waals surface area contributed by atoms with Gasteiger partial charge < -0.3 is 4.90 Å². The van der Waals surface area contributed by atoms with E-state index >= 15 is 0 Å². The van der Waals surface area contributed by atoms with Gasteiger partial charge in [0.05, 0.1) is 12.2 Å². The van der Waals surface area contributed by atoms with E-state index in [2.05, 4.69) is 44.8 Å². The van der Waals surface area contributed by atoms with Gasteiger partial charge in [0, 0.05) is 6.04 Å². The zero-order valence-corrected chi connectivity index (χ0v) is 13.9. The number of carbonyl (C=O) groups excluding carboxylic acids is 1. The molecule has 0 bridgehead atoms. The van der Waals surface area contributed by atoms with Crippen LogP contribution in [-0.4, -0.2) is 29.1 Å². The van der Waals surface area contributed by atoms with Gasteiger partial charge in [-0.1, -0.05) is 53.9 Å². The summed E-state index contributed by atoms with van der Waals surface area (Å²) in [6, 6.07) is 0.454. The molecular weight excluding hydrogens is 248 g/mol. The Labute approximate surface area is 124 Å². The van der Waals surface area contributed by atoms with Crippen molar-refractivity contribution in [2.45, 2.75) is 91.4 Å². The van der Waals surface area contributed by atoms with Gasteiger partial charge in [-0.2, -0.15) is 0 Å². The highest BCUT2D eigenvalue weighted by Gasteiger charge is 2.47. The molecule has 3 nitrogen and oxygen atoms in total. The van der Waals surface area contributed by atoms with Crippen LogP contribution >= 0.6 is 0 Å². The second-order valence-electron chi connectivity index (χ2n) is 7.69. The van der Waals surface area contributed by atoms with Crippen molar-refractivity contribution in [3.8, 4) is 0 Å². The molecule has 0 aromatic rings. The molecule has 0 radical (unpaired) electrons. The van der Waals surface area contributed by atoms with Gasteiger partial charge in [-0.25, -0.2) is 0 Å². The maximum absolute atomic E-state index is 12.9. The maximum atomic E-state index is 12.9. The molecule has 0 spiro atoms. The highest BCUT2D eigenvalue weighted by molar-refractivity contribution is 5.84. The minimum Gasteiger partial charge on any atom is -0.322 e.